The molecule has 0 aliphatic heterocycles. The summed E-state index contributed by atoms with van der Waals surface area (Å²) < 4.78 is 16.0. The highest BCUT2D eigenvalue weighted by molar-refractivity contribution is 6.08. The highest BCUT2D eigenvalue weighted by Crippen LogP contribution is 2.23. The van der Waals surface area contributed by atoms with Crippen LogP contribution in [0.25, 0.3) is 0 Å². The molecule has 0 fully saturated rings. The van der Waals surface area contributed by atoms with E-state index in [0.29, 0.717) is 35.8 Å². The van der Waals surface area contributed by atoms with Crippen molar-refractivity contribution in [1.29, 1.82) is 0 Å². The molecule has 2 rings (SSSR count). The van der Waals surface area contributed by atoms with Crippen LogP contribution in [0.2, 0.25) is 0 Å². The quantitative estimate of drug-likeness (QED) is 0.709. The third-order valence-corrected chi connectivity index (χ3v) is 3.78. The van der Waals surface area contributed by atoms with Crippen molar-refractivity contribution in [3.05, 3.63) is 59.2 Å². The number of hydrogen-bond acceptors (Lipinski definition) is 5. The molecule has 2 aromatic rings. The van der Waals surface area contributed by atoms with Gasteiger partial charge < -0.3 is 19.5 Å². The van der Waals surface area contributed by atoms with Gasteiger partial charge in [-0.25, -0.2) is 4.79 Å². The molecule has 0 aromatic heterocycles. The summed E-state index contributed by atoms with van der Waals surface area (Å²) in [4.78, 5) is 24.6. The minimum atomic E-state index is -0.511. The molecular formula is C21H25NO5. The number of esters is 1. The van der Waals surface area contributed by atoms with Crippen LogP contribution in [0.3, 0.4) is 0 Å². The van der Waals surface area contributed by atoms with Gasteiger partial charge in [-0.1, -0.05) is 12.1 Å². The summed E-state index contributed by atoms with van der Waals surface area (Å²) in [6.45, 7) is 6.65. The lowest BCUT2D eigenvalue weighted by Gasteiger charge is -2.14. The maximum Gasteiger partial charge on any atom is 0.339 e. The fourth-order valence-corrected chi connectivity index (χ4v) is 2.46. The number of nitrogens with one attached hydrogen (secondary N) is 1. The minimum Gasteiger partial charge on any atom is -0.494 e. The van der Waals surface area contributed by atoms with Gasteiger partial charge >= 0.3 is 5.97 Å². The molecule has 0 unspecified atom stereocenters. The topological polar surface area (TPSA) is 73.9 Å². The summed E-state index contributed by atoms with van der Waals surface area (Å²) in [5.41, 5.74) is 1.92. The van der Waals surface area contributed by atoms with Crippen LogP contribution in [0.1, 0.15) is 47.1 Å². The van der Waals surface area contributed by atoms with Gasteiger partial charge in [-0.05, 0) is 51.1 Å². The SMILES string of the molecule is CCOc1ccc(C(=O)Nc2ccccc2C(=O)OC)cc1COC(C)C. The molecule has 0 spiro atoms. The second-order valence-electron chi connectivity index (χ2n) is 6.11. The van der Waals surface area contributed by atoms with Crippen molar-refractivity contribution >= 4 is 17.6 Å². The zero-order valence-corrected chi connectivity index (χ0v) is 16.1. The molecule has 0 atom stereocenters. The van der Waals surface area contributed by atoms with Gasteiger partial charge in [-0.3, -0.25) is 4.79 Å². The van der Waals surface area contributed by atoms with Crippen molar-refractivity contribution in [1.82, 2.24) is 0 Å². The first kappa shape index (κ1) is 20.5. The number of methoxy groups -OCH3 is 1. The van der Waals surface area contributed by atoms with E-state index >= 15 is 0 Å². The lowest BCUT2D eigenvalue weighted by molar-refractivity contribution is 0.0601. The first-order valence-corrected chi connectivity index (χ1v) is 8.82. The first-order chi connectivity index (χ1) is 13.0. The molecule has 6 nitrogen and oxygen atoms in total. The van der Waals surface area contributed by atoms with Crippen LogP contribution in [0.5, 0.6) is 5.75 Å². The van der Waals surface area contributed by atoms with Gasteiger partial charge in [-0.2, -0.15) is 0 Å². The van der Waals surface area contributed by atoms with Crippen LogP contribution in [-0.4, -0.2) is 31.7 Å². The van der Waals surface area contributed by atoms with E-state index in [2.05, 4.69) is 5.32 Å². The Kier molecular flexibility index (Phi) is 7.37. The molecule has 0 bridgehead atoms. The van der Waals surface area contributed by atoms with Gasteiger partial charge in [0.05, 0.1) is 37.7 Å². The lowest BCUT2D eigenvalue weighted by Crippen LogP contribution is -2.16. The lowest BCUT2D eigenvalue weighted by atomic mass is 10.1. The predicted molar refractivity (Wildman–Crippen MR) is 103 cm³/mol. The maximum atomic E-state index is 12.7. The number of benzene rings is 2. The number of hydrogen-bond donors (Lipinski definition) is 1. The van der Waals surface area contributed by atoms with Crippen molar-refractivity contribution in [2.75, 3.05) is 19.0 Å². The van der Waals surface area contributed by atoms with Gasteiger partial charge in [0.15, 0.2) is 0 Å². The van der Waals surface area contributed by atoms with Crippen LogP contribution < -0.4 is 10.1 Å². The highest BCUT2D eigenvalue weighted by atomic mass is 16.5. The van der Waals surface area contributed by atoms with Crippen molar-refractivity contribution in [3.8, 4) is 5.75 Å². The van der Waals surface area contributed by atoms with Crippen molar-refractivity contribution < 1.29 is 23.8 Å². The molecule has 6 heteroatoms. The molecule has 1 amide bonds. The molecule has 27 heavy (non-hydrogen) atoms. The normalized spacial score (nSPS) is 10.6. The Morgan fingerprint density at radius 3 is 2.52 bits per heavy atom. The van der Waals surface area contributed by atoms with E-state index in [4.69, 9.17) is 14.2 Å². The zero-order chi connectivity index (χ0) is 19.8. The zero-order valence-electron chi connectivity index (χ0n) is 16.1. The predicted octanol–water partition coefficient (Wildman–Crippen LogP) is 4.05. The molecule has 0 saturated carbocycles. The maximum absolute atomic E-state index is 12.7. The van der Waals surface area contributed by atoms with E-state index in [9.17, 15) is 9.59 Å². The molecule has 0 aliphatic rings. The van der Waals surface area contributed by atoms with E-state index < -0.39 is 5.97 Å². The Bertz CT molecular complexity index is 801. The monoisotopic (exact) mass is 371 g/mol. The van der Waals surface area contributed by atoms with Crippen molar-refractivity contribution in [2.45, 2.75) is 33.5 Å². The van der Waals surface area contributed by atoms with Crippen LogP contribution in [-0.2, 0) is 16.1 Å². The molecule has 144 valence electrons. The summed E-state index contributed by atoms with van der Waals surface area (Å²) in [6, 6.07) is 11.9. The second kappa shape index (κ2) is 9.73. The Hall–Kier alpha value is -2.86. The Labute approximate surface area is 159 Å². The summed E-state index contributed by atoms with van der Waals surface area (Å²) in [5.74, 6) is -0.159. The minimum absolute atomic E-state index is 0.0592. The third-order valence-electron chi connectivity index (χ3n) is 3.78. The van der Waals surface area contributed by atoms with E-state index in [1.54, 1.807) is 42.5 Å². The average Bonchev–Trinajstić information content (AvgIpc) is 2.67. The Morgan fingerprint density at radius 1 is 1.11 bits per heavy atom. The molecule has 0 saturated heterocycles. The summed E-state index contributed by atoms with van der Waals surface area (Å²) >= 11 is 0. The van der Waals surface area contributed by atoms with E-state index in [1.165, 1.54) is 7.11 Å². The van der Waals surface area contributed by atoms with Gasteiger partial charge in [0.25, 0.3) is 5.91 Å². The number of amides is 1. The number of carbonyl (C=O) groups excluding carboxylic acids is 2. The number of para-hydroxylation sites is 1. The van der Waals surface area contributed by atoms with Crippen LogP contribution in [0.4, 0.5) is 5.69 Å². The highest BCUT2D eigenvalue weighted by Gasteiger charge is 2.16. The largest absolute Gasteiger partial charge is 0.494 e. The van der Waals surface area contributed by atoms with E-state index in [0.717, 1.165) is 5.56 Å². The fraction of sp³-hybridized carbons (Fsp3) is 0.333. The van der Waals surface area contributed by atoms with Crippen LogP contribution >= 0.6 is 0 Å². The smallest absolute Gasteiger partial charge is 0.339 e. The fourth-order valence-electron chi connectivity index (χ4n) is 2.46. The second-order valence-corrected chi connectivity index (χ2v) is 6.11. The summed E-state index contributed by atoms with van der Waals surface area (Å²) in [5, 5.41) is 2.76. The third kappa shape index (κ3) is 5.56. The van der Waals surface area contributed by atoms with Gasteiger partial charge in [0.1, 0.15) is 5.75 Å². The van der Waals surface area contributed by atoms with E-state index in [-0.39, 0.29) is 12.0 Å². The number of ether oxygens (including phenoxy) is 3. The first-order valence-electron chi connectivity index (χ1n) is 8.82. The number of carbonyl (C=O) groups is 2. The van der Waals surface area contributed by atoms with Crippen molar-refractivity contribution in [3.63, 3.8) is 0 Å². The summed E-state index contributed by atoms with van der Waals surface area (Å²) in [7, 11) is 1.30. The Morgan fingerprint density at radius 2 is 1.85 bits per heavy atom. The molecule has 0 radical (unpaired) electrons. The molecular weight excluding hydrogens is 346 g/mol. The van der Waals surface area contributed by atoms with Crippen molar-refractivity contribution in [2.24, 2.45) is 0 Å². The van der Waals surface area contributed by atoms with Gasteiger partial charge in [-0.15, -0.1) is 0 Å². The van der Waals surface area contributed by atoms with Crippen LogP contribution in [0.15, 0.2) is 42.5 Å². The Balaban J connectivity index is 2.26. The average molecular weight is 371 g/mol. The number of rotatable bonds is 8. The molecule has 1 N–H and O–H groups in total. The number of anilines is 1. The summed E-state index contributed by atoms with van der Waals surface area (Å²) in [6.07, 6.45) is 0.0592. The van der Waals surface area contributed by atoms with E-state index in [1.807, 2.05) is 20.8 Å². The van der Waals surface area contributed by atoms with Gasteiger partial charge in [0.2, 0.25) is 0 Å². The molecule has 0 heterocycles. The van der Waals surface area contributed by atoms with Crippen LogP contribution in [0, 0.1) is 0 Å². The molecule has 0 aliphatic carbocycles. The standard InChI is InChI=1S/C21H25NO5/c1-5-26-19-11-10-15(12-16(19)13-27-14(2)3)20(23)22-18-9-7-6-8-17(18)21(24)25-4/h6-12,14H,5,13H2,1-4H3,(H,22,23). The molecule has 2 aromatic carbocycles. The van der Waals surface area contributed by atoms with Gasteiger partial charge in [0, 0.05) is 11.1 Å².